The Morgan fingerprint density at radius 2 is 1.62 bits per heavy atom. The van der Waals surface area contributed by atoms with Gasteiger partial charge in [0.2, 0.25) is 5.91 Å². The van der Waals surface area contributed by atoms with Crippen LogP contribution >= 0.6 is 11.8 Å². The molecule has 11 heteroatoms. The molecule has 0 unspecified atom stereocenters. The number of benzene rings is 2. The minimum absolute atomic E-state index is 0.00585. The van der Waals surface area contributed by atoms with Crippen molar-refractivity contribution < 1.29 is 32.3 Å². The van der Waals surface area contributed by atoms with E-state index in [4.69, 9.17) is 0 Å². The summed E-state index contributed by atoms with van der Waals surface area (Å²) in [4.78, 5) is 42.4. The van der Waals surface area contributed by atoms with Gasteiger partial charge in [0.25, 0.3) is 11.1 Å². The number of carbonyl (C=O) groups is 3. The number of hydrogen-bond acceptors (Lipinski definition) is 6. The van der Waals surface area contributed by atoms with Gasteiger partial charge in [0.15, 0.2) is 0 Å². The number of para-hydroxylation sites is 2. The van der Waals surface area contributed by atoms with Gasteiger partial charge in [-0.1, -0.05) is 36.4 Å². The Hall–Kier alpha value is -3.47. The predicted octanol–water partition coefficient (Wildman–Crippen LogP) is 3.97. The quantitative estimate of drug-likeness (QED) is 0.590. The molecule has 2 saturated heterocycles. The van der Waals surface area contributed by atoms with Gasteiger partial charge in [0.1, 0.15) is 12.3 Å². The van der Waals surface area contributed by atoms with E-state index in [0.717, 1.165) is 22.7 Å². The summed E-state index contributed by atoms with van der Waals surface area (Å²) in [6.45, 7) is 1.71. The first kappa shape index (κ1) is 23.7. The molecule has 4 rings (SSSR count). The third-order valence-electron chi connectivity index (χ3n) is 5.35. The smallest absolute Gasteiger partial charge is 0.405 e. The van der Waals surface area contributed by atoms with E-state index in [0.29, 0.717) is 37.9 Å². The predicted molar refractivity (Wildman–Crippen MR) is 121 cm³/mol. The second-order valence-electron chi connectivity index (χ2n) is 7.56. The van der Waals surface area contributed by atoms with Crippen molar-refractivity contribution in [3.05, 3.63) is 65.1 Å². The normalized spacial score (nSPS) is 18.1. The summed E-state index contributed by atoms with van der Waals surface area (Å²) >= 11 is 0.572. The molecule has 0 bridgehead atoms. The van der Waals surface area contributed by atoms with Gasteiger partial charge in [-0.2, -0.15) is 0 Å². The Morgan fingerprint density at radius 3 is 2.29 bits per heavy atom. The van der Waals surface area contributed by atoms with Gasteiger partial charge in [0.05, 0.1) is 4.91 Å². The Bertz CT molecular complexity index is 1120. The molecule has 7 nitrogen and oxygen atoms in total. The van der Waals surface area contributed by atoms with Crippen LogP contribution in [0.2, 0.25) is 0 Å². The van der Waals surface area contributed by atoms with E-state index in [1.165, 1.54) is 18.2 Å². The molecule has 0 atom stereocenters. The van der Waals surface area contributed by atoms with Crippen molar-refractivity contribution in [3.8, 4) is 5.75 Å². The van der Waals surface area contributed by atoms with Crippen LogP contribution in [-0.2, 0) is 9.59 Å². The van der Waals surface area contributed by atoms with Gasteiger partial charge in [-0.25, -0.2) is 0 Å². The number of rotatable bonds is 5. The van der Waals surface area contributed by atoms with Crippen LogP contribution in [0.15, 0.2) is 59.5 Å². The van der Waals surface area contributed by atoms with E-state index < -0.39 is 29.8 Å². The summed E-state index contributed by atoms with van der Waals surface area (Å²) in [6.07, 6.45) is -3.74. The highest BCUT2D eigenvalue weighted by atomic mass is 32.2. The maximum absolute atomic E-state index is 12.8. The lowest BCUT2D eigenvalue weighted by Gasteiger charge is -2.36. The molecule has 0 radical (unpaired) electrons. The Kier molecular flexibility index (Phi) is 6.82. The van der Waals surface area contributed by atoms with Crippen LogP contribution in [0, 0.1) is 0 Å². The maximum Gasteiger partial charge on any atom is 0.573 e. The first-order valence-corrected chi connectivity index (χ1v) is 11.2. The molecule has 0 spiro atoms. The topological polar surface area (TPSA) is 70.2 Å². The molecule has 2 aromatic carbocycles. The van der Waals surface area contributed by atoms with Gasteiger partial charge >= 0.3 is 6.36 Å². The second-order valence-corrected chi connectivity index (χ2v) is 8.55. The standard InChI is InChI=1S/C23H20F3N3O4S/c24-23(25,26)33-18-9-5-4-6-16(18)14-19-21(31)29(22(32)34-19)15-20(30)28-12-10-27(11-13-28)17-7-2-1-3-8-17/h1-9,14H,10-13,15H2. The molecule has 34 heavy (non-hydrogen) atoms. The van der Waals surface area contributed by atoms with Crippen LogP contribution in [-0.4, -0.2) is 65.9 Å². The van der Waals surface area contributed by atoms with Crippen LogP contribution in [0.5, 0.6) is 5.75 Å². The highest BCUT2D eigenvalue weighted by molar-refractivity contribution is 8.18. The van der Waals surface area contributed by atoms with Crippen LogP contribution in [0.1, 0.15) is 5.56 Å². The van der Waals surface area contributed by atoms with Gasteiger partial charge in [-0.05, 0) is 36.0 Å². The molecular formula is C23H20F3N3O4S. The summed E-state index contributed by atoms with van der Waals surface area (Å²) in [7, 11) is 0. The number of hydrogen-bond donors (Lipinski definition) is 0. The van der Waals surface area contributed by atoms with Gasteiger partial charge < -0.3 is 14.5 Å². The van der Waals surface area contributed by atoms with E-state index in [1.807, 2.05) is 30.3 Å². The molecule has 2 heterocycles. The minimum atomic E-state index is -4.90. The number of carbonyl (C=O) groups excluding carboxylic acids is 3. The van der Waals surface area contributed by atoms with Gasteiger partial charge in [0, 0.05) is 37.4 Å². The molecule has 2 aliphatic rings. The van der Waals surface area contributed by atoms with E-state index in [9.17, 15) is 27.6 Å². The van der Waals surface area contributed by atoms with Crippen LogP contribution in [0.3, 0.4) is 0 Å². The summed E-state index contributed by atoms with van der Waals surface area (Å²) in [6, 6.07) is 15.1. The van der Waals surface area contributed by atoms with Crippen molar-refractivity contribution in [3.63, 3.8) is 0 Å². The molecule has 178 valence electrons. The number of imide groups is 1. The average molecular weight is 491 g/mol. The number of nitrogens with zero attached hydrogens (tertiary/aromatic N) is 3. The van der Waals surface area contributed by atoms with Crippen molar-refractivity contribution in [2.24, 2.45) is 0 Å². The van der Waals surface area contributed by atoms with Crippen molar-refractivity contribution in [1.82, 2.24) is 9.80 Å². The van der Waals surface area contributed by atoms with Crippen molar-refractivity contribution in [2.45, 2.75) is 6.36 Å². The number of thioether (sulfide) groups is 1. The lowest BCUT2D eigenvalue weighted by Crippen LogP contribution is -2.51. The molecule has 0 aliphatic carbocycles. The zero-order valence-corrected chi connectivity index (χ0v) is 18.6. The third-order valence-corrected chi connectivity index (χ3v) is 6.26. The van der Waals surface area contributed by atoms with E-state index in [-0.39, 0.29) is 16.4 Å². The number of alkyl halides is 3. The fourth-order valence-electron chi connectivity index (χ4n) is 3.68. The Morgan fingerprint density at radius 1 is 0.971 bits per heavy atom. The lowest BCUT2D eigenvalue weighted by molar-refractivity contribution is -0.274. The molecular weight excluding hydrogens is 471 g/mol. The first-order chi connectivity index (χ1) is 16.2. The Labute approximate surface area is 197 Å². The van der Waals surface area contributed by atoms with E-state index in [1.54, 1.807) is 4.90 Å². The molecule has 3 amide bonds. The number of piperazine rings is 1. The molecule has 2 aromatic rings. The number of ether oxygens (including phenoxy) is 1. The molecule has 0 saturated carbocycles. The van der Waals surface area contributed by atoms with Crippen molar-refractivity contribution in [1.29, 1.82) is 0 Å². The maximum atomic E-state index is 12.8. The van der Waals surface area contributed by atoms with Crippen molar-refractivity contribution >= 4 is 40.6 Å². The SMILES string of the molecule is O=C(CN1C(=O)SC(=Cc2ccccc2OC(F)(F)F)C1=O)N1CCN(c2ccccc2)CC1. The largest absolute Gasteiger partial charge is 0.573 e. The monoisotopic (exact) mass is 491 g/mol. The molecule has 0 N–H and O–H groups in total. The highest BCUT2D eigenvalue weighted by Gasteiger charge is 2.38. The van der Waals surface area contributed by atoms with Gasteiger partial charge in [-0.3, -0.25) is 19.3 Å². The number of amides is 3. The molecule has 2 aliphatic heterocycles. The fraction of sp³-hybridized carbons (Fsp3) is 0.261. The van der Waals surface area contributed by atoms with Crippen LogP contribution < -0.4 is 9.64 Å². The number of anilines is 1. The third kappa shape index (κ3) is 5.53. The summed E-state index contributed by atoms with van der Waals surface area (Å²) < 4.78 is 42.0. The molecule has 0 aromatic heterocycles. The minimum Gasteiger partial charge on any atom is -0.405 e. The summed E-state index contributed by atoms with van der Waals surface area (Å²) in [5.74, 6) is -1.58. The second kappa shape index (κ2) is 9.80. The fourth-order valence-corrected chi connectivity index (χ4v) is 4.51. The van der Waals surface area contributed by atoms with Gasteiger partial charge in [-0.15, -0.1) is 13.2 Å². The highest BCUT2D eigenvalue weighted by Crippen LogP contribution is 2.35. The zero-order chi connectivity index (χ0) is 24.3. The molecule has 2 fully saturated rings. The number of halogens is 3. The van der Waals surface area contributed by atoms with E-state index >= 15 is 0 Å². The van der Waals surface area contributed by atoms with E-state index in [2.05, 4.69) is 9.64 Å². The Balaban J connectivity index is 1.40. The van der Waals surface area contributed by atoms with Crippen LogP contribution in [0.25, 0.3) is 6.08 Å². The van der Waals surface area contributed by atoms with Crippen LogP contribution in [0.4, 0.5) is 23.7 Å². The van der Waals surface area contributed by atoms with Crippen molar-refractivity contribution in [2.75, 3.05) is 37.6 Å². The zero-order valence-electron chi connectivity index (χ0n) is 17.8. The first-order valence-electron chi connectivity index (χ1n) is 10.4. The summed E-state index contributed by atoms with van der Waals surface area (Å²) in [5, 5.41) is -0.651. The lowest BCUT2D eigenvalue weighted by atomic mass is 10.2. The average Bonchev–Trinajstić information content (AvgIpc) is 3.07. The summed E-state index contributed by atoms with van der Waals surface area (Å²) in [5.41, 5.74) is 1.05.